The summed E-state index contributed by atoms with van der Waals surface area (Å²) in [6.07, 6.45) is -1.13. The lowest BCUT2D eigenvalue weighted by Crippen LogP contribution is -2.51. The van der Waals surface area contributed by atoms with Crippen molar-refractivity contribution in [1.29, 1.82) is 0 Å². The maximum Gasteiger partial charge on any atom is 0.323 e. The number of ether oxygens (including phenoxy) is 1. The summed E-state index contributed by atoms with van der Waals surface area (Å²) in [7, 11) is 1.47. The Morgan fingerprint density at radius 3 is 2.38 bits per heavy atom. The van der Waals surface area contributed by atoms with Crippen LogP contribution in [0.25, 0.3) is 0 Å². The van der Waals surface area contributed by atoms with Crippen LogP contribution < -0.4 is 15.8 Å². The number of carboxylic acid groups (broad SMARTS) is 1. The number of carboxylic acids is 1. The molecule has 0 heterocycles. The molecule has 21 heavy (non-hydrogen) atoms. The van der Waals surface area contributed by atoms with Crippen LogP contribution in [0, 0.1) is 0 Å². The highest BCUT2D eigenvalue weighted by molar-refractivity contribution is 6.01. The molecular weight excluding hydrogens is 276 g/mol. The van der Waals surface area contributed by atoms with Crippen LogP contribution in [0.3, 0.4) is 0 Å². The molecule has 0 aromatic heterocycles. The highest BCUT2D eigenvalue weighted by atomic mass is 16.5. The molecular formula is C14H20N2O5. The van der Waals surface area contributed by atoms with Crippen LogP contribution in [0.5, 0.6) is 5.75 Å². The lowest BCUT2D eigenvalue weighted by molar-refractivity contribution is -0.142. The third-order valence-corrected chi connectivity index (χ3v) is 3.09. The summed E-state index contributed by atoms with van der Waals surface area (Å²) in [5, 5.41) is 21.0. The van der Waals surface area contributed by atoms with E-state index in [1.54, 1.807) is 12.1 Å². The average Bonchev–Trinajstić information content (AvgIpc) is 2.42. The summed E-state index contributed by atoms with van der Waals surface area (Å²) in [4.78, 5) is 23.2. The van der Waals surface area contributed by atoms with E-state index in [1.807, 2.05) is 0 Å². The minimum atomic E-state index is -1.22. The Morgan fingerprint density at radius 1 is 1.33 bits per heavy atom. The maximum absolute atomic E-state index is 12.2. The Balaban J connectivity index is 2.87. The number of carbonyl (C=O) groups excluding carboxylic acids is 1. The summed E-state index contributed by atoms with van der Waals surface area (Å²) in [5.74, 6) is -1.09. The van der Waals surface area contributed by atoms with E-state index in [1.165, 1.54) is 27.0 Å². The molecule has 1 aromatic rings. The first-order chi connectivity index (χ1) is 9.77. The van der Waals surface area contributed by atoms with Crippen LogP contribution in [0.4, 0.5) is 5.69 Å². The number of nitrogen functional groups attached to an aromatic ring is 1. The molecule has 0 aliphatic carbocycles. The van der Waals surface area contributed by atoms with Crippen molar-refractivity contribution in [2.45, 2.75) is 32.0 Å². The third-order valence-electron chi connectivity index (χ3n) is 3.09. The van der Waals surface area contributed by atoms with Gasteiger partial charge in [-0.3, -0.25) is 14.9 Å². The van der Waals surface area contributed by atoms with Gasteiger partial charge in [0.05, 0.1) is 24.9 Å². The number of Topliss-reactive ketones (excluding diaryl/α,β-unsaturated/α-hetero) is 1. The molecule has 3 atom stereocenters. The molecule has 0 amide bonds. The number of benzene rings is 1. The fourth-order valence-corrected chi connectivity index (χ4v) is 1.90. The van der Waals surface area contributed by atoms with Crippen molar-refractivity contribution in [3.05, 3.63) is 23.8 Å². The molecule has 1 rings (SSSR count). The zero-order valence-electron chi connectivity index (χ0n) is 12.2. The zero-order valence-corrected chi connectivity index (χ0v) is 12.2. The number of aliphatic carboxylic acids is 1. The van der Waals surface area contributed by atoms with Crippen LogP contribution in [-0.4, -0.2) is 47.3 Å². The Morgan fingerprint density at radius 2 is 1.95 bits per heavy atom. The van der Waals surface area contributed by atoms with Crippen molar-refractivity contribution in [2.24, 2.45) is 0 Å². The first-order valence-corrected chi connectivity index (χ1v) is 6.42. The summed E-state index contributed by atoms with van der Waals surface area (Å²) in [5.41, 5.74) is 6.39. The average molecular weight is 296 g/mol. The van der Waals surface area contributed by atoms with Crippen molar-refractivity contribution in [2.75, 3.05) is 12.8 Å². The lowest BCUT2D eigenvalue weighted by atomic mass is 10.0. The minimum absolute atomic E-state index is 0.320. The molecule has 7 nitrogen and oxygen atoms in total. The number of anilines is 1. The normalized spacial score (nSPS) is 15.0. The number of aliphatic hydroxyl groups is 1. The Hall–Kier alpha value is -2.12. The molecule has 0 spiro atoms. The summed E-state index contributed by atoms with van der Waals surface area (Å²) in [6.45, 7) is 2.87. The molecule has 0 aliphatic heterocycles. The van der Waals surface area contributed by atoms with Gasteiger partial charge in [-0.2, -0.15) is 0 Å². The maximum atomic E-state index is 12.2. The smallest absolute Gasteiger partial charge is 0.323 e. The van der Waals surface area contributed by atoms with E-state index in [2.05, 4.69) is 5.32 Å². The number of hydrogen-bond acceptors (Lipinski definition) is 6. The monoisotopic (exact) mass is 296 g/mol. The predicted molar refractivity (Wildman–Crippen MR) is 77.4 cm³/mol. The summed E-state index contributed by atoms with van der Waals surface area (Å²) < 4.78 is 5.00. The van der Waals surface area contributed by atoms with Gasteiger partial charge in [-0.25, -0.2) is 0 Å². The van der Waals surface area contributed by atoms with Crippen molar-refractivity contribution >= 4 is 17.4 Å². The molecule has 0 saturated carbocycles. The topological polar surface area (TPSA) is 122 Å². The van der Waals surface area contributed by atoms with Crippen LogP contribution in [0.1, 0.15) is 24.2 Å². The van der Waals surface area contributed by atoms with E-state index < -0.39 is 24.2 Å². The Labute approximate surface area is 122 Å². The number of carbonyl (C=O) groups is 2. The van der Waals surface area contributed by atoms with E-state index in [0.29, 0.717) is 17.0 Å². The second kappa shape index (κ2) is 7.05. The Bertz CT molecular complexity index is 530. The molecule has 0 saturated heterocycles. The number of methoxy groups -OCH3 is 1. The van der Waals surface area contributed by atoms with Gasteiger partial charge in [-0.05, 0) is 32.0 Å². The van der Waals surface area contributed by atoms with Gasteiger partial charge in [-0.1, -0.05) is 0 Å². The number of nitrogens with one attached hydrogen (secondary N) is 1. The van der Waals surface area contributed by atoms with E-state index in [-0.39, 0.29) is 5.78 Å². The fraction of sp³-hybridized carbons (Fsp3) is 0.429. The highest BCUT2D eigenvalue weighted by Gasteiger charge is 2.27. The largest absolute Gasteiger partial charge is 0.495 e. The van der Waals surface area contributed by atoms with Gasteiger partial charge >= 0.3 is 5.97 Å². The van der Waals surface area contributed by atoms with Crippen molar-refractivity contribution in [1.82, 2.24) is 5.32 Å². The SMILES string of the molecule is COc1ccc(C(=O)C(C)NC(C(=O)O)C(C)O)cc1N. The number of aliphatic hydroxyl groups excluding tert-OH is 1. The lowest BCUT2D eigenvalue weighted by Gasteiger charge is -2.21. The Kier molecular flexibility index (Phi) is 5.69. The quantitative estimate of drug-likeness (QED) is 0.421. The second-order valence-corrected chi connectivity index (χ2v) is 4.77. The summed E-state index contributed by atoms with van der Waals surface area (Å²) >= 11 is 0. The van der Waals surface area contributed by atoms with Gasteiger partial charge in [0, 0.05) is 5.56 Å². The van der Waals surface area contributed by atoms with Crippen LogP contribution in [0.2, 0.25) is 0 Å². The molecule has 7 heteroatoms. The molecule has 0 fully saturated rings. The van der Waals surface area contributed by atoms with Crippen molar-refractivity contribution < 1.29 is 24.5 Å². The van der Waals surface area contributed by atoms with Gasteiger partial charge in [0.15, 0.2) is 5.78 Å². The zero-order chi connectivity index (χ0) is 16.2. The molecule has 0 aliphatic rings. The van der Waals surface area contributed by atoms with Crippen molar-refractivity contribution in [3.8, 4) is 5.75 Å². The van der Waals surface area contributed by atoms with Crippen LogP contribution in [-0.2, 0) is 4.79 Å². The van der Waals surface area contributed by atoms with Gasteiger partial charge in [-0.15, -0.1) is 0 Å². The van der Waals surface area contributed by atoms with Gasteiger partial charge in [0.1, 0.15) is 11.8 Å². The molecule has 1 aromatic carbocycles. The van der Waals surface area contributed by atoms with Gasteiger partial charge < -0.3 is 20.7 Å². The predicted octanol–water partition coefficient (Wildman–Crippen LogP) is 0.272. The van der Waals surface area contributed by atoms with Crippen molar-refractivity contribution in [3.63, 3.8) is 0 Å². The van der Waals surface area contributed by atoms with Gasteiger partial charge in [0.2, 0.25) is 0 Å². The van der Waals surface area contributed by atoms with E-state index in [9.17, 15) is 14.7 Å². The number of ketones is 1. The number of hydrogen-bond donors (Lipinski definition) is 4. The van der Waals surface area contributed by atoms with Crippen LogP contribution >= 0.6 is 0 Å². The number of nitrogens with two attached hydrogens (primary N) is 1. The van der Waals surface area contributed by atoms with Crippen LogP contribution in [0.15, 0.2) is 18.2 Å². The van der Waals surface area contributed by atoms with Gasteiger partial charge in [0.25, 0.3) is 0 Å². The summed E-state index contributed by atoms with van der Waals surface area (Å²) in [6, 6.07) is 2.58. The molecule has 0 bridgehead atoms. The van der Waals surface area contributed by atoms with E-state index in [4.69, 9.17) is 15.6 Å². The first-order valence-electron chi connectivity index (χ1n) is 6.42. The second-order valence-electron chi connectivity index (χ2n) is 4.77. The van der Waals surface area contributed by atoms with E-state index in [0.717, 1.165) is 0 Å². The molecule has 0 radical (unpaired) electrons. The number of rotatable bonds is 7. The fourth-order valence-electron chi connectivity index (χ4n) is 1.90. The minimum Gasteiger partial charge on any atom is -0.495 e. The molecule has 3 unspecified atom stereocenters. The molecule has 116 valence electrons. The van der Waals surface area contributed by atoms with E-state index >= 15 is 0 Å². The standard InChI is InChI=1S/C14H20N2O5/c1-7(16-12(8(2)17)14(19)20)13(18)9-4-5-11(21-3)10(15)6-9/h4-8,12,16-17H,15H2,1-3H3,(H,19,20). The first kappa shape index (κ1) is 16.9. The molecule has 5 N–H and O–H groups in total. The third kappa shape index (κ3) is 4.17. The highest BCUT2D eigenvalue weighted by Crippen LogP contribution is 2.22.